The molecule has 0 aromatic heterocycles. The Labute approximate surface area is 123 Å². The van der Waals surface area contributed by atoms with Crippen LogP contribution in [0.15, 0.2) is 59.5 Å². The van der Waals surface area contributed by atoms with Crippen LogP contribution in [0.25, 0.3) is 0 Å². The second-order valence-corrected chi connectivity index (χ2v) is 5.23. The first-order valence-corrected chi connectivity index (χ1v) is 7.69. The van der Waals surface area contributed by atoms with E-state index in [1.807, 2.05) is 60.9 Å². The van der Waals surface area contributed by atoms with E-state index in [1.165, 1.54) is 4.90 Å². The Kier molecular flexibility index (Phi) is 5.50. The number of thioether (sulfide) groups is 1. The summed E-state index contributed by atoms with van der Waals surface area (Å²) in [6.45, 7) is 0.844. The molecule has 4 heteroatoms. The lowest BCUT2D eigenvalue weighted by Gasteiger charge is -2.08. The summed E-state index contributed by atoms with van der Waals surface area (Å²) in [4.78, 5) is 12.9. The summed E-state index contributed by atoms with van der Waals surface area (Å²) in [5.41, 5.74) is 2.07. The molecule has 20 heavy (non-hydrogen) atoms. The van der Waals surface area contributed by atoms with Crippen LogP contribution in [-0.2, 0) is 11.3 Å². The Bertz CT molecular complexity index is 557. The minimum atomic E-state index is -0.0107. The molecule has 0 saturated heterocycles. The number of anilines is 1. The molecule has 0 saturated carbocycles. The van der Waals surface area contributed by atoms with Crippen LogP contribution in [0.1, 0.15) is 5.56 Å². The number of amides is 1. The summed E-state index contributed by atoms with van der Waals surface area (Å²) >= 11 is 1.68. The molecule has 0 atom stereocenters. The van der Waals surface area contributed by atoms with Crippen molar-refractivity contribution < 1.29 is 4.79 Å². The molecule has 0 bridgehead atoms. The highest BCUT2D eigenvalue weighted by Gasteiger charge is 2.01. The van der Waals surface area contributed by atoms with Gasteiger partial charge in [0.2, 0.25) is 5.91 Å². The second-order valence-electron chi connectivity index (χ2n) is 4.35. The lowest BCUT2D eigenvalue weighted by Crippen LogP contribution is -2.29. The minimum absolute atomic E-state index is 0.0107. The highest BCUT2D eigenvalue weighted by molar-refractivity contribution is 7.98. The summed E-state index contributed by atoms with van der Waals surface area (Å²) < 4.78 is 0. The topological polar surface area (TPSA) is 41.1 Å². The molecular formula is C16H18N2OS. The summed E-state index contributed by atoms with van der Waals surface area (Å²) in [6.07, 6.45) is 2.03. The minimum Gasteiger partial charge on any atom is -0.376 e. The fourth-order valence-electron chi connectivity index (χ4n) is 1.77. The number of hydrogen-bond acceptors (Lipinski definition) is 3. The third-order valence-electron chi connectivity index (χ3n) is 2.86. The summed E-state index contributed by atoms with van der Waals surface area (Å²) in [6, 6.07) is 17.9. The van der Waals surface area contributed by atoms with Crippen LogP contribution in [0, 0.1) is 0 Å². The third-order valence-corrected chi connectivity index (χ3v) is 3.58. The van der Waals surface area contributed by atoms with Gasteiger partial charge < -0.3 is 10.6 Å². The van der Waals surface area contributed by atoms with Crippen LogP contribution < -0.4 is 10.6 Å². The van der Waals surface area contributed by atoms with Crippen molar-refractivity contribution in [1.82, 2.24) is 5.32 Å². The van der Waals surface area contributed by atoms with E-state index < -0.39 is 0 Å². The molecule has 2 aromatic carbocycles. The van der Waals surface area contributed by atoms with E-state index in [-0.39, 0.29) is 12.5 Å². The molecule has 2 N–H and O–H groups in total. The zero-order chi connectivity index (χ0) is 14.2. The lowest BCUT2D eigenvalue weighted by molar-refractivity contribution is -0.119. The maximum absolute atomic E-state index is 11.8. The molecule has 104 valence electrons. The van der Waals surface area contributed by atoms with Crippen LogP contribution in [-0.4, -0.2) is 18.7 Å². The van der Waals surface area contributed by atoms with Gasteiger partial charge in [0.15, 0.2) is 0 Å². The van der Waals surface area contributed by atoms with E-state index in [9.17, 15) is 4.79 Å². The molecule has 1 amide bonds. The summed E-state index contributed by atoms with van der Waals surface area (Å²) in [5.74, 6) is -0.0107. The average molecular weight is 286 g/mol. The zero-order valence-electron chi connectivity index (χ0n) is 11.4. The Morgan fingerprint density at radius 1 is 1.10 bits per heavy atom. The van der Waals surface area contributed by atoms with Crippen molar-refractivity contribution in [3.63, 3.8) is 0 Å². The summed E-state index contributed by atoms with van der Waals surface area (Å²) in [7, 11) is 0. The molecule has 0 aliphatic heterocycles. The fourth-order valence-corrected chi connectivity index (χ4v) is 2.23. The van der Waals surface area contributed by atoms with Gasteiger partial charge in [0, 0.05) is 17.1 Å². The van der Waals surface area contributed by atoms with Crippen molar-refractivity contribution >= 4 is 23.4 Å². The predicted molar refractivity (Wildman–Crippen MR) is 85.0 cm³/mol. The van der Waals surface area contributed by atoms with E-state index in [0.717, 1.165) is 11.3 Å². The molecule has 0 radical (unpaired) electrons. The van der Waals surface area contributed by atoms with Gasteiger partial charge in [-0.05, 0) is 30.0 Å². The quantitative estimate of drug-likeness (QED) is 0.802. The van der Waals surface area contributed by atoms with Gasteiger partial charge in [-0.2, -0.15) is 0 Å². The number of carbonyl (C=O) groups is 1. The average Bonchev–Trinajstić information content (AvgIpc) is 2.52. The number of benzene rings is 2. The molecule has 0 fully saturated rings. The number of carbonyl (C=O) groups excluding carboxylic acids is 1. The maximum atomic E-state index is 11.8. The first-order chi connectivity index (χ1) is 9.78. The first kappa shape index (κ1) is 14.5. The van der Waals surface area contributed by atoms with Crippen molar-refractivity contribution in [2.24, 2.45) is 0 Å². The van der Waals surface area contributed by atoms with Gasteiger partial charge in [-0.3, -0.25) is 4.79 Å². The third kappa shape index (κ3) is 4.63. The smallest absolute Gasteiger partial charge is 0.239 e. The summed E-state index contributed by atoms with van der Waals surface area (Å²) in [5, 5.41) is 6.02. The van der Waals surface area contributed by atoms with Crippen molar-refractivity contribution in [2.45, 2.75) is 11.4 Å². The molecule has 0 unspecified atom stereocenters. The highest BCUT2D eigenvalue weighted by atomic mass is 32.2. The fraction of sp³-hybridized carbons (Fsp3) is 0.188. The van der Waals surface area contributed by atoms with E-state index in [4.69, 9.17) is 0 Å². The zero-order valence-corrected chi connectivity index (χ0v) is 12.2. The number of hydrogen-bond donors (Lipinski definition) is 2. The molecule has 0 aliphatic carbocycles. The van der Waals surface area contributed by atoms with Gasteiger partial charge in [0.25, 0.3) is 0 Å². The normalized spacial score (nSPS) is 10.1. The Morgan fingerprint density at radius 2 is 1.90 bits per heavy atom. The first-order valence-electron chi connectivity index (χ1n) is 6.46. The highest BCUT2D eigenvalue weighted by Crippen LogP contribution is 2.18. The van der Waals surface area contributed by atoms with Crippen LogP contribution in [0.3, 0.4) is 0 Å². The van der Waals surface area contributed by atoms with E-state index in [1.54, 1.807) is 11.8 Å². The largest absolute Gasteiger partial charge is 0.376 e. The van der Waals surface area contributed by atoms with E-state index >= 15 is 0 Å². The van der Waals surface area contributed by atoms with E-state index in [0.29, 0.717) is 6.54 Å². The Hall–Kier alpha value is -1.94. The number of rotatable bonds is 6. The van der Waals surface area contributed by atoms with Gasteiger partial charge in [-0.15, -0.1) is 11.8 Å². The van der Waals surface area contributed by atoms with Crippen molar-refractivity contribution in [2.75, 3.05) is 18.1 Å². The molecule has 2 rings (SSSR count). The van der Waals surface area contributed by atoms with Crippen LogP contribution in [0.4, 0.5) is 5.69 Å². The van der Waals surface area contributed by atoms with Gasteiger partial charge in [0.1, 0.15) is 0 Å². The second kappa shape index (κ2) is 7.60. The predicted octanol–water partition coefficient (Wildman–Crippen LogP) is 3.14. The Morgan fingerprint density at radius 3 is 2.65 bits per heavy atom. The van der Waals surface area contributed by atoms with Crippen molar-refractivity contribution in [1.29, 1.82) is 0 Å². The van der Waals surface area contributed by atoms with Gasteiger partial charge >= 0.3 is 0 Å². The SMILES string of the molecule is CSc1cccc(NCC(=O)NCc2ccccc2)c1. The van der Waals surface area contributed by atoms with Gasteiger partial charge in [-0.1, -0.05) is 36.4 Å². The molecule has 2 aromatic rings. The van der Waals surface area contributed by atoms with Gasteiger partial charge in [0.05, 0.1) is 6.54 Å². The standard InChI is InChI=1S/C16H18N2OS/c1-20-15-9-5-8-14(10-15)17-12-16(19)18-11-13-6-3-2-4-7-13/h2-10,17H,11-12H2,1H3,(H,18,19). The lowest BCUT2D eigenvalue weighted by atomic mass is 10.2. The molecule has 3 nitrogen and oxygen atoms in total. The maximum Gasteiger partial charge on any atom is 0.239 e. The van der Waals surface area contributed by atoms with Crippen LogP contribution >= 0.6 is 11.8 Å². The Balaban J connectivity index is 1.77. The molecule has 0 spiro atoms. The monoisotopic (exact) mass is 286 g/mol. The molecule has 0 heterocycles. The van der Waals surface area contributed by atoms with E-state index in [2.05, 4.69) is 10.6 Å². The van der Waals surface area contributed by atoms with Crippen LogP contribution in [0.5, 0.6) is 0 Å². The number of nitrogens with one attached hydrogen (secondary N) is 2. The van der Waals surface area contributed by atoms with Crippen molar-refractivity contribution in [3.8, 4) is 0 Å². The van der Waals surface area contributed by atoms with Crippen LogP contribution in [0.2, 0.25) is 0 Å². The molecular weight excluding hydrogens is 268 g/mol. The van der Waals surface area contributed by atoms with Crippen molar-refractivity contribution in [3.05, 3.63) is 60.2 Å². The molecule has 0 aliphatic rings. The van der Waals surface area contributed by atoms with Gasteiger partial charge in [-0.25, -0.2) is 0 Å².